The second-order valence-corrected chi connectivity index (χ2v) is 3.79. The molecule has 5 nitrogen and oxygen atoms in total. The minimum Gasteiger partial charge on any atom is -0.394 e. The number of nitrogens with zero attached hydrogens (tertiary/aromatic N) is 2. The molecule has 0 saturated heterocycles. The highest BCUT2D eigenvalue weighted by Crippen LogP contribution is 2.19. The Morgan fingerprint density at radius 2 is 2.24 bits per heavy atom. The molecule has 0 bridgehead atoms. The second kappa shape index (κ2) is 7.09. The van der Waals surface area contributed by atoms with Crippen molar-refractivity contribution in [2.24, 2.45) is 0 Å². The number of hydrogen-bond acceptors (Lipinski definition) is 5. The number of aryl methyl sites for hydroxylation is 1. The van der Waals surface area contributed by atoms with Crippen LogP contribution in [0, 0.1) is 6.92 Å². The van der Waals surface area contributed by atoms with Crippen LogP contribution in [0.5, 0.6) is 0 Å². The van der Waals surface area contributed by atoms with Gasteiger partial charge in [0, 0.05) is 6.54 Å². The number of rotatable bonds is 7. The van der Waals surface area contributed by atoms with Crippen LogP contribution in [0.4, 0.5) is 11.5 Å². The predicted octanol–water partition coefficient (Wildman–Crippen LogP) is 2.03. The van der Waals surface area contributed by atoms with Crippen LogP contribution in [0.15, 0.2) is 12.7 Å². The Morgan fingerprint density at radius 1 is 1.47 bits per heavy atom. The van der Waals surface area contributed by atoms with E-state index in [4.69, 9.17) is 22.1 Å². The first-order valence-electron chi connectivity index (χ1n) is 5.37. The van der Waals surface area contributed by atoms with E-state index in [1.54, 1.807) is 6.92 Å². The van der Waals surface area contributed by atoms with Crippen molar-refractivity contribution in [3.63, 3.8) is 0 Å². The molecule has 3 N–H and O–H groups in total. The van der Waals surface area contributed by atoms with Crippen molar-refractivity contribution in [2.45, 2.75) is 13.3 Å². The largest absolute Gasteiger partial charge is 0.394 e. The summed E-state index contributed by atoms with van der Waals surface area (Å²) in [6.45, 7) is 7.27. The van der Waals surface area contributed by atoms with Crippen molar-refractivity contribution >= 4 is 23.1 Å². The monoisotopic (exact) mass is 256 g/mol. The van der Waals surface area contributed by atoms with E-state index in [1.165, 1.54) is 0 Å². The molecule has 0 aliphatic heterocycles. The lowest BCUT2D eigenvalue weighted by atomic mass is 10.3. The Kier molecular flexibility index (Phi) is 5.72. The highest BCUT2D eigenvalue weighted by molar-refractivity contribution is 6.28. The topological polar surface area (TPSA) is 73.1 Å². The van der Waals surface area contributed by atoms with Gasteiger partial charge in [0.25, 0.3) is 0 Å². The van der Waals surface area contributed by atoms with Crippen molar-refractivity contribution in [3.05, 3.63) is 23.6 Å². The molecule has 0 amide bonds. The van der Waals surface area contributed by atoms with E-state index in [0.29, 0.717) is 37.0 Å². The average molecular weight is 257 g/mol. The maximum atomic E-state index is 5.81. The molecular formula is C11H17ClN4O. The SMILES string of the molecule is C=CCCOCCNc1nc(Cl)nc(C)c1N. The fourth-order valence-corrected chi connectivity index (χ4v) is 1.40. The molecule has 0 atom stereocenters. The van der Waals surface area contributed by atoms with Gasteiger partial charge in [-0.2, -0.15) is 4.98 Å². The van der Waals surface area contributed by atoms with E-state index >= 15 is 0 Å². The third-order valence-corrected chi connectivity index (χ3v) is 2.28. The van der Waals surface area contributed by atoms with E-state index in [1.807, 2.05) is 6.08 Å². The van der Waals surface area contributed by atoms with Crippen LogP contribution in [0.25, 0.3) is 0 Å². The summed E-state index contributed by atoms with van der Waals surface area (Å²) in [5.41, 5.74) is 6.99. The van der Waals surface area contributed by atoms with Crippen LogP contribution in [0.2, 0.25) is 5.28 Å². The van der Waals surface area contributed by atoms with Crippen molar-refractivity contribution in [3.8, 4) is 0 Å². The quantitative estimate of drug-likeness (QED) is 0.444. The van der Waals surface area contributed by atoms with Crippen molar-refractivity contribution in [1.82, 2.24) is 9.97 Å². The van der Waals surface area contributed by atoms with E-state index in [0.717, 1.165) is 6.42 Å². The molecule has 0 spiro atoms. The lowest BCUT2D eigenvalue weighted by Crippen LogP contribution is -2.13. The second-order valence-electron chi connectivity index (χ2n) is 3.46. The van der Waals surface area contributed by atoms with Crippen molar-refractivity contribution in [1.29, 1.82) is 0 Å². The zero-order chi connectivity index (χ0) is 12.7. The summed E-state index contributed by atoms with van der Waals surface area (Å²) in [4.78, 5) is 7.96. The third-order valence-electron chi connectivity index (χ3n) is 2.11. The number of aromatic nitrogens is 2. The van der Waals surface area contributed by atoms with E-state index in [9.17, 15) is 0 Å². The normalized spacial score (nSPS) is 10.2. The molecule has 0 aliphatic carbocycles. The van der Waals surface area contributed by atoms with Crippen LogP contribution in [-0.2, 0) is 4.74 Å². The molecule has 1 aromatic heterocycles. The predicted molar refractivity (Wildman–Crippen MR) is 70.3 cm³/mol. The number of nitrogens with one attached hydrogen (secondary N) is 1. The average Bonchev–Trinajstić information content (AvgIpc) is 2.29. The summed E-state index contributed by atoms with van der Waals surface area (Å²) in [6, 6.07) is 0. The Labute approximate surface area is 106 Å². The summed E-state index contributed by atoms with van der Waals surface area (Å²) in [5.74, 6) is 0.551. The summed E-state index contributed by atoms with van der Waals surface area (Å²) in [7, 11) is 0. The van der Waals surface area contributed by atoms with Gasteiger partial charge >= 0.3 is 0 Å². The summed E-state index contributed by atoms with van der Waals surface area (Å²) < 4.78 is 5.35. The molecule has 0 radical (unpaired) electrons. The van der Waals surface area contributed by atoms with Gasteiger partial charge in [-0.05, 0) is 24.9 Å². The van der Waals surface area contributed by atoms with Gasteiger partial charge in [-0.15, -0.1) is 6.58 Å². The molecule has 1 aromatic rings. The number of halogens is 1. The number of nitrogen functional groups attached to an aromatic ring is 1. The molecule has 1 heterocycles. The number of hydrogen-bond donors (Lipinski definition) is 2. The minimum atomic E-state index is 0.187. The van der Waals surface area contributed by atoms with Crippen LogP contribution in [0.3, 0.4) is 0 Å². The lowest BCUT2D eigenvalue weighted by Gasteiger charge is -2.10. The van der Waals surface area contributed by atoms with Gasteiger partial charge in [-0.3, -0.25) is 0 Å². The maximum Gasteiger partial charge on any atom is 0.224 e. The lowest BCUT2D eigenvalue weighted by molar-refractivity contribution is 0.149. The Balaban J connectivity index is 2.38. The number of ether oxygens (including phenoxy) is 1. The molecule has 17 heavy (non-hydrogen) atoms. The molecule has 0 aliphatic rings. The first-order chi connectivity index (χ1) is 8.15. The summed E-state index contributed by atoms with van der Waals surface area (Å²) in [5, 5.41) is 3.25. The first kappa shape index (κ1) is 13.7. The molecular weight excluding hydrogens is 240 g/mol. The van der Waals surface area contributed by atoms with E-state index < -0.39 is 0 Å². The molecule has 6 heteroatoms. The van der Waals surface area contributed by atoms with Gasteiger partial charge in [-0.1, -0.05) is 6.08 Å². The first-order valence-corrected chi connectivity index (χ1v) is 5.75. The summed E-state index contributed by atoms with van der Waals surface area (Å²) in [6.07, 6.45) is 2.67. The van der Waals surface area contributed by atoms with Gasteiger partial charge < -0.3 is 15.8 Å². The molecule has 0 fully saturated rings. The smallest absolute Gasteiger partial charge is 0.224 e. The Hall–Kier alpha value is -1.33. The standard InChI is InChI=1S/C11H17ClN4O/c1-3-4-6-17-7-5-14-10-9(13)8(2)15-11(12)16-10/h3H,1,4-7,13H2,2H3,(H,14,15,16). The molecule has 0 saturated carbocycles. The zero-order valence-electron chi connectivity index (χ0n) is 9.87. The third kappa shape index (κ3) is 4.58. The number of nitrogens with two attached hydrogens (primary N) is 1. The highest BCUT2D eigenvalue weighted by Gasteiger charge is 2.06. The Morgan fingerprint density at radius 3 is 2.94 bits per heavy atom. The Bertz CT molecular complexity index is 384. The van der Waals surface area contributed by atoms with Crippen LogP contribution in [-0.4, -0.2) is 29.7 Å². The van der Waals surface area contributed by atoms with Crippen LogP contribution in [0.1, 0.15) is 12.1 Å². The fraction of sp³-hybridized carbons (Fsp3) is 0.455. The van der Waals surface area contributed by atoms with E-state index in [2.05, 4.69) is 21.9 Å². The van der Waals surface area contributed by atoms with Gasteiger partial charge in [0.15, 0.2) is 5.82 Å². The molecule has 94 valence electrons. The summed E-state index contributed by atoms with van der Waals surface area (Å²) >= 11 is 5.74. The van der Waals surface area contributed by atoms with Gasteiger partial charge in [-0.25, -0.2) is 4.98 Å². The van der Waals surface area contributed by atoms with Crippen LogP contribution < -0.4 is 11.1 Å². The van der Waals surface area contributed by atoms with Gasteiger partial charge in [0.05, 0.1) is 24.6 Å². The van der Waals surface area contributed by atoms with Gasteiger partial charge in [0.1, 0.15) is 0 Å². The fourth-order valence-electron chi connectivity index (χ4n) is 1.19. The van der Waals surface area contributed by atoms with Crippen molar-refractivity contribution < 1.29 is 4.74 Å². The van der Waals surface area contributed by atoms with Gasteiger partial charge in [0.2, 0.25) is 5.28 Å². The van der Waals surface area contributed by atoms with Crippen LogP contribution >= 0.6 is 11.6 Å². The molecule has 0 unspecified atom stereocenters. The zero-order valence-corrected chi connectivity index (χ0v) is 10.6. The molecule has 1 rings (SSSR count). The maximum absolute atomic E-state index is 5.81. The van der Waals surface area contributed by atoms with Crippen molar-refractivity contribution in [2.75, 3.05) is 30.8 Å². The van der Waals surface area contributed by atoms with E-state index in [-0.39, 0.29) is 5.28 Å². The number of anilines is 2. The highest BCUT2D eigenvalue weighted by atomic mass is 35.5. The molecule has 0 aromatic carbocycles. The minimum absolute atomic E-state index is 0.187.